The second-order valence-electron chi connectivity index (χ2n) is 5.81. The lowest BCUT2D eigenvalue weighted by Gasteiger charge is -2.26. The second kappa shape index (κ2) is 7.40. The highest BCUT2D eigenvalue weighted by Gasteiger charge is 2.38. The maximum absolute atomic E-state index is 13.0. The Kier molecular flexibility index (Phi) is 5.05. The molecule has 2 atom stereocenters. The third kappa shape index (κ3) is 3.51. The summed E-state index contributed by atoms with van der Waals surface area (Å²) < 4.78 is 4.90. The van der Waals surface area contributed by atoms with Gasteiger partial charge in [-0.15, -0.1) is 0 Å². The summed E-state index contributed by atoms with van der Waals surface area (Å²) in [5.41, 5.74) is 2.05. The van der Waals surface area contributed by atoms with Gasteiger partial charge in [0.1, 0.15) is 0 Å². The Morgan fingerprint density at radius 3 is 2.56 bits per heavy atom. The largest absolute Gasteiger partial charge is 0.464 e. The molecule has 0 bridgehead atoms. The number of fused-ring (bicyclic) bond motifs is 1. The molecule has 5 nitrogen and oxygen atoms in total. The Hall–Kier alpha value is -2.79. The number of Topliss-reactive ketones (excluding diaryl/α,β-unsaturated/α-hetero) is 1. The van der Waals surface area contributed by atoms with Crippen LogP contribution in [0.4, 0.5) is 5.69 Å². The normalized spacial score (nSPS) is 17.4. The molecule has 25 heavy (non-hydrogen) atoms. The Bertz CT molecular complexity index is 813. The zero-order valence-electron chi connectivity index (χ0n) is 13.9. The van der Waals surface area contributed by atoms with Crippen LogP contribution in [-0.2, 0) is 16.0 Å². The number of carbonyl (C=O) groups is 2. The Labute approximate surface area is 146 Å². The van der Waals surface area contributed by atoms with E-state index in [9.17, 15) is 14.7 Å². The summed E-state index contributed by atoms with van der Waals surface area (Å²) >= 11 is 0. The first kappa shape index (κ1) is 17.0. The van der Waals surface area contributed by atoms with Gasteiger partial charge in [0.05, 0.1) is 23.9 Å². The fourth-order valence-electron chi connectivity index (χ4n) is 2.96. The van der Waals surface area contributed by atoms with Crippen LogP contribution in [0.3, 0.4) is 0 Å². The quantitative estimate of drug-likeness (QED) is 0.851. The van der Waals surface area contributed by atoms with Crippen LogP contribution in [-0.4, -0.2) is 35.3 Å². The number of hydrogen-bond acceptors (Lipinski definition) is 5. The number of benzene rings is 2. The SMILES string of the molecule is CCOC(=O)C(O)C1=Nc2ccccc2C(=O)C1Cc1ccccc1. The summed E-state index contributed by atoms with van der Waals surface area (Å²) in [6.45, 7) is 1.81. The molecule has 0 aliphatic carbocycles. The Morgan fingerprint density at radius 2 is 1.84 bits per heavy atom. The van der Waals surface area contributed by atoms with Crippen LogP contribution in [0.1, 0.15) is 22.8 Å². The van der Waals surface area contributed by atoms with Crippen LogP contribution in [0.15, 0.2) is 59.6 Å². The summed E-state index contributed by atoms with van der Waals surface area (Å²) in [5.74, 6) is -1.63. The number of esters is 1. The molecule has 0 aromatic heterocycles. The van der Waals surface area contributed by atoms with E-state index >= 15 is 0 Å². The van der Waals surface area contributed by atoms with Crippen molar-refractivity contribution in [2.75, 3.05) is 6.61 Å². The highest BCUT2D eigenvalue weighted by Crippen LogP contribution is 2.31. The predicted molar refractivity (Wildman–Crippen MR) is 94.1 cm³/mol. The number of aliphatic hydroxyl groups is 1. The van der Waals surface area contributed by atoms with E-state index in [4.69, 9.17) is 4.74 Å². The van der Waals surface area contributed by atoms with Gasteiger partial charge in [-0.3, -0.25) is 9.79 Å². The molecule has 0 saturated carbocycles. The average Bonchev–Trinajstić information content (AvgIpc) is 2.64. The van der Waals surface area contributed by atoms with Crippen LogP contribution in [0, 0.1) is 5.92 Å². The van der Waals surface area contributed by atoms with Gasteiger partial charge in [0.25, 0.3) is 0 Å². The average molecular weight is 337 g/mol. The number of aliphatic imine (C=N–C) groups is 1. The fourth-order valence-corrected chi connectivity index (χ4v) is 2.96. The minimum absolute atomic E-state index is 0.144. The lowest BCUT2D eigenvalue weighted by Crippen LogP contribution is -2.42. The maximum Gasteiger partial charge on any atom is 0.340 e. The monoisotopic (exact) mass is 337 g/mol. The first-order chi connectivity index (χ1) is 12.1. The van der Waals surface area contributed by atoms with Gasteiger partial charge in [-0.2, -0.15) is 0 Å². The topological polar surface area (TPSA) is 76.0 Å². The van der Waals surface area contributed by atoms with Gasteiger partial charge in [-0.1, -0.05) is 42.5 Å². The molecule has 0 spiro atoms. The fraction of sp³-hybridized carbons (Fsp3) is 0.250. The molecule has 1 heterocycles. The number of aliphatic hydroxyl groups excluding tert-OH is 1. The van der Waals surface area contributed by atoms with Gasteiger partial charge >= 0.3 is 5.97 Å². The summed E-state index contributed by atoms with van der Waals surface area (Å²) in [6.07, 6.45) is -1.19. The van der Waals surface area contributed by atoms with Gasteiger partial charge in [-0.25, -0.2) is 4.79 Å². The zero-order chi connectivity index (χ0) is 17.8. The van der Waals surface area contributed by atoms with E-state index in [2.05, 4.69) is 4.99 Å². The summed E-state index contributed by atoms with van der Waals surface area (Å²) in [5, 5.41) is 10.4. The van der Waals surface area contributed by atoms with Crippen LogP contribution < -0.4 is 0 Å². The summed E-state index contributed by atoms with van der Waals surface area (Å²) in [6, 6.07) is 16.4. The second-order valence-corrected chi connectivity index (χ2v) is 5.81. The van der Waals surface area contributed by atoms with E-state index in [1.54, 1.807) is 31.2 Å². The van der Waals surface area contributed by atoms with E-state index in [1.807, 2.05) is 30.3 Å². The lowest BCUT2D eigenvalue weighted by molar-refractivity contribution is -0.149. The van der Waals surface area contributed by atoms with Gasteiger partial charge in [-0.05, 0) is 31.0 Å². The number of ether oxygens (including phenoxy) is 1. The summed E-state index contributed by atoms with van der Waals surface area (Å²) in [4.78, 5) is 29.4. The highest BCUT2D eigenvalue weighted by atomic mass is 16.5. The number of carbonyl (C=O) groups excluding carboxylic acids is 2. The molecule has 1 N–H and O–H groups in total. The molecule has 3 rings (SSSR count). The smallest absolute Gasteiger partial charge is 0.340 e. The molecule has 0 fully saturated rings. The van der Waals surface area contributed by atoms with Crippen molar-refractivity contribution in [3.63, 3.8) is 0 Å². The minimum Gasteiger partial charge on any atom is -0.464 e. The van der Waals surface area contributed by atoms with Crippen molar-refractivity contribution in [3.8, 4) is 0 Å². The number of ketones is 1. The first-order valence-electron chi connectivity index (χ1n) is 8.22. The van der Waals surface area contributed by atoms with Gasteiger partial charge in [0, 0.05) is 5.56 Å². The Balaban J connectivity index is 2.01. The van der Waals surface area contributed by atoms with Crippen LogP contribution in [0.5, 0.6) is 0 Å². The third-order valence-electron chi connectivity index (χ3n) is 4.17. The molecule has 1 aliphatic heterocycles. The number of para-hydroxylation sites is 1. The molecule has 1 aliphatic rings. The summed E-state index contributed by atoms with van der Waals surface area (Å²) in [7, 11) is 0. The van der Waals surface area contributed by atoms with Crippen LogP contribution in [0.2, 0.25) is 0 Å². The molecular weight excluding hydrogens is 318 g/mol. The van der Waals surface area contributed by atoms with E-state index in [0.717, 1.165) is 5.56 Å². The molecule has 2 aromatic rings. The van der Waals surface area contributed by atoms with E-state index in [-0.39, 0.29) is 18.1 Å². The molecular formula is C20H19NO4. The van der Waals surface area contributed by atoms with Crippen molar-refractivity contribution in [1.29, 1.82) is 0 Å². The molecule has 2 unspecified atom stereocenters. The molecule has 2 aromatic carbocycles. The van der Waals surface area contributed by atoms with Gasteiger partial charge in [0.15, 0.2) is 11.9 Å². The van der Waals surface area contributed by atoms with Crippen molar-refractivity contribution in [2.24, 2.45) is 10.9 Å². The molecule has 0 radical (unpaired) electrons. The lowest BCUT2D eigenvalue weighted by atomic mass is 9.82. The third-order valence-corrected chi connectivity index (χ3v) is 4.17. The van der Waals surface area contributed by atoms with Crippen molar-refractivity contribution >= 4 is 23.2 Å². The molecule has 0 saturated heterocycles. The van der Waals surface area contributed by atoms with E-state index in [1.165, 1.54) is 0 Å². The van der Waals surface area contributed by atoms with E-state index in [0.29, 0.717) is 17.7 Å². The zero-order valence-corrected chi connectivity index (χ0v) is 13.9. The van der Waals surface area contributed by atoms with Gasteiger partial charge < -0.3 is 9.84 Å². The van der Waals surface area contributed by atoms with Crippen molar-refractivity contribution in [3.05, 3.63) is 65.7 Å². The molecule has 128 valence electrons. The number of rotatable bonds is 5. The molecule has 5 heteroatoms. The number of hydrogen-bond donors (Lipinski definition) is 1. The number of nitrogens with zero attached hydrogens (tertiary/aromatic N) is 1. The standard InChI is InChI=1S/C20H19NO4/c1-2-25-20(24)19(23)17-15(12-13-8-4-3-5-9-13)18(22)14-10-6-7-11-16(14)21-17/h3-11,15,19,23H,2,12H2,1H3. The van der Waals surface area contributed by atoms with Crippen LogP contribution >= 0.6 is 0 Å². The van der Waals surface area contributed by atoms with Gasteiger partial charge in [0.2, 0.25) is 0 Å². The van der Waals surface area contributed by atoms with E-state index < -0.39 is 18.0 Å². The van der Waals surface area contributed by atoms with Crippen LogP contribution in [0.25, 0.3) is 0 Å². The van der Waals surface area contributed by atoms with Crippen molar-refractivity contribution in [1.82, 2.24) is 0 Å². The maximum atomic E-state index is 13.0. The first-order valence-corrected chi connectivity index (χ1v) is 8.22. The van der Waals surface area contributed by atoms with Crippen molar-refractivity contribution in [2.45, 2.75) is 19.4 Å². The van der Waals surface area contributed by atoms with Crippen molar-refractivity contribution < 1.29 is 19.4 Å². The highest BCUT2D eigenvalue weighted by molar-refractivity contribution is 6.23. The Morgan fingerprint density at radius 1 is 1.16 bits per heavy atom. The minimum atomic E-state index is -1.55. The molecule has 0 amide bonds. The predicted octanol–water partition coefficient (Wildman–Crippen LogP) is 2.74.